The summed E-state index contributed by atoms with van der Waals surface area (Å²) in [4.78, 5) is 13.1. The molecule has 5 nitrogen and oxygen atoms in total. The second-order valence-electron chi connectivity index (χ2n) is 4.90. The number of nitrogens with zero attached hydrogens (tertiary/aromatic N) is 3. The van der Waals surface area contributed by atoms with Crippen LogP contribution in [0.2, 0.25) is 0 Å². The molecule has 0 aliphatic rings. The molecule has 0 saturated carbocycles. The van der Waals surface area contributed by atoms with E-state index in [1.807, 2.05) is 18.2 Å². The highest BCUT2D eigenvalue weighted by Gasteiger charge is 2.10. The lowest BCUT2D eigenvalue weighted by molar-refractivity contribution is 0.884. The maximum atomic E-state index is 4.39. The van der Waals surface area contributed by atoms with Crippen molar-refractivity contribution in [2.75, 3.05) is 17.2 Å². The lowest BCUT2D eigenvalue weighted by atomic mass is 10.1. The van der Waals surface area contributed by atoms with E-state index in [0.717, 1.165) is 48.7 Å². The molecule has 0 amide bonds. The molecule has 112 valence electrons. The predicted octanol–water partition coefficient (Wildman–Crippen LogP) is 3.26. The minimum absolute atomic E-state index is 0.668. The molecule has 0 aliphatic heterocycles. The molecule has 0 radical (unpaired) electrons. The summed E-state index contributed by atoms with van der Waals surface area (Å²) in [5.74, 6) is 1.84. The first-order chi connectivity index (χ1) is 10.3. The SMILES string of the molecule is CCCNc1ncnc(NCc2ccccn2)c1CCC. The van der Waals surface area contributed by atoms with Crippen molar-refractivity contribution in [1.82, 2.24) is 15.0 Å². The zero-order valence-corrected chi connectivity index (χ0v) is 12.8. The Labute approximate surface area is 126 Å². The topological polar surface area (TPSA) is 62.7 Å². The van der Waals surface area contributed by atoms with Crippen LogP contribution in [0.3, 0.4) is 0 Å². The molecule has 2 rings (SSSR count). The van der Waals surface area contributed by atoms with Crippen LogP contribution in [0.1, 0.15) is 37.9 Å². The van der Waals surface area contributed by atoms with Crippen molar-refractivity contribution in [1.29, 1.82) is 0 Å². The lowest BCUT2D eigenvalue weighted by Crippen LogP contribution is -2.11. The highest BCUT2D eigenvalue weighted by molar-refractivity contribution is 5.57. The van der Waals surface area contributed by atoms with E-state index in [2.05, 4.69) is 39.4 Å². The fourth-order valence-electron chi connectivity index (χ4n) is 2.12. The zero-order chi connectivity index (χ0) is 14.9. The Bertz CT molecular complexity index is 542. The molecule has 2 aromatic rings. The smallest absolute Gasteiger partial charge is 0.135 e. The molecule has 0 unspecified atom stereocenters. The van der Waals surface area contributed by atoms with Crippen molar-refractivity contribution in [2.24, 2.45) is 0 Å². The van der Waals surface area contributed by atoms with E-state index < -0.39 is 0 Å². The normalized spacial score (nSPS) is 10.4. The summed E-state index contributed by atoms with van der Waals surface area (Å²) in [6, 6.07) is 5.92. The van der Waals surface area contributed by atoms with E-state index >= 15 is 0 Å². The summed E-state index contributed by atoms with van der Waals surface area (Å²) >= 11 is 0. The molecule has 0 spiro atoms. The van der Waals surface area contributed by atoms with Gasteiger partial charge in [-0.2, -0.15) is 0 Å². The molecule has 0 fully saturated rings. The number of hydrogen-bond acceptors (Lipinski definition) is 5. The largest absolute Gasteiger partial charge is 0.370 e. The van der Waals surface area contributed by atoms with Crippen LogP contribution >= 0.6 is 0 Å². The number of rotatable bonds is 8. The predicted molar refractivity (Wildman–Crippen MR) is 86.4 cm³/mol. The zero-order valence-electron chi connectivity index (χ0n) is 12.8. The first-order valence-corrected chi connectivity index (χ1v) is 7.56. The van der Waals surface area contributed by atoms with Crippen LogP contribution in [0.25, 0.3) is 0 Å². The van der Waals surface area contributed by atoms with Crippen LogP contribution in [0.15, 0.2) is 30.7 Å². The van der Waals surface area contributed by atoms with Gasteiger partial charge in [0.1, 0.15) is 18.0 Å². The maximum absolute atomic E-state index is 4.39. The van der Waals surface area contributed by atoms with E-state index in [9.17, 15) is 0 Å². The van der Waals surface area contributed by atoms with E-state index in [4.69, 9.17) is 0 Å². The van der Waals surface area contributed by atoms with Crippen molar-refractivity contribution < 1.29 is 0 Å². The Balaban J connectivity index is 2.13. The number of hydrogen-bond donors (Lipinski definition) is 2. The fourth-order valence-corrected chi connectivity index (χ4v) is 2.12. The number of anilines is 2. The number of nitrogens with one attached hydrogen (secondary N) is 2. The quantitative estimate of drug-likeness (QED) is 0.779. The van der Waals surface area contributed by atoms with E-state index in [0.29, 0.717) is 6.54 Å². The van der Waals surface area contributed by atoms with Crippen molar-refractivity contribution >= 4 is 11.6 Å². The van der Waals surface area contributed by atoms with Crippen LogP contribution in [0, 0.1) is 0 Å². The van der Waals surface area contributed by atoms with Gasteiger partial charge in [0.15, 0.2) is 0 Å². The Kier molecular flexibility index (Phi) is 5.94. The third kappa shape index (κ3) is 4.41. The minimum Gasteiger partial charge on any atom is -0.370 e. The van der Waals surface area contributed by atoms with Crippen LogP contribution in [-0.2, 0) is 13.0 Å². The van der Waals surface area contributed by atoms with Crippen molar-refractivity contribution in [3.63, 3.8) is 0 Å². The summed E-state index contributed by atoms with van der Waals surface area (Å²) in [5, 5.41) is 6.76. The standard InChI is InChI=1S/C16H23N5/c1-3-7-14-15(18-9-4-2)20-12-21-16(14)19-11-13-8-5-6-10-17-13/h5-6,8,10,12H,3-4,7,9,11H2,1-2H3,(H2,18,19,20,21). The second kappa shape index (κ2) is 8.19. The van der Waals surface area contributed by atoms with Crippen LogP contribution in [-0.4, -0.2) is 21.5 Å². The van der Waals surface area contributed by atoms with Gasteiger partial charge in [-0.05, 0) is 25.0 Å². The van der Waals surface area contributed by atoms with Gasteiger partial charge in [0, 0.05) is 18.3 Å². The Morgan fingerprint density at radius 3 is 2.43 bits per heavy atom. The third-order valence-electron chi connectivity index (χ3n) is 3.15. The van der Waals surface area contributed by atoms with E-state index in [-0.39, 0.29) is 0 Å². The Hall–Kier alpha value is -2.17. The molecule has 5 heteroatoms. The first kappa shape index (κ1) is 15.2. The average Bonchev–Trinajstić information content (AvgIpc) is 2.53. The van der Waals surface area contributed by atoms with Gasteiger partial charge in [0.25, 0.3) is 0 Å². The average molecular weight is 285 g/mol. The van der Waals surface area contributed by atoms with Gasteiger partial charge in [-0.25, -0.2) is 9.97 Å². The first-order valence-electron chi connectivity index (χ1n) is 7.56. The number of pyridine rings is 1. The van der Waals surface area contributed by atoms with Gasteiger partial charge < -0.3 is 10.6 Å². The fraction of sp³-hybridized carbons (Fsp3) is 0.438. The second-order valence-corrected chi connectivity index (χ2v) is 4.90. The molecule has 0 aliphatic carbocycles. The van der Waals surface area contributed by atoms with Crippen molar-refractivity contribution in [3.8, 4) is 0 Å². The van der Waals surface area contributed by atoms with Gasteiger partial charge in [0.05, 0.1) is 12.2 Å². The van der Waals surface area contributed by atoms with Crippen molar-refractivity contribution in [3.05, 3.63) is 42.0 Å². The highest BCUT2D eigenvalue weighted by Crippen LogP contribution is 2.22. The molecule has 21 heavy (non-hydrogen) atoms. The summed E-state index contributed by atoms with van der Waals surface area (Å²) < 4.78 is 0. The molecular weight excluding hydrogens is 262 g/mol. The monoisotopic (exact) mass is 285 g/mol. The summed E-state index contributed by atoms with van der Waals surface area (Å²) in [6.07, 6.45) is 6.51. The van der Waals surface area contributed by atoms with Gasteiger partial charge in [-0.1, -0.05) is 26.3 Å². The molecule has 2 aromatic heterocycles. The molecule has 0 atom stereocenters. The van der Waals surface area contributed by atoms with E-state index in [1.54, 1.807) is 12.5 Å². The summed E-state index contributed by atoms with van der Waals surface area (Å²) in [7, 11) is 0. The van der Waals surface area contributed by atoms with Gasteiger partial charge in [0.2, 0.25) is 0 Å². The van der Waals surface area contributed by atoms with Crippen molar-refractivity contribution in [2.45, 2.75) is 39.7 Å². The summed E-state index contributed by atoms with van der Waals surface area (Å²) in [6.45, 7) is 5.91. The Morgan fingerprint density at radius 2 is 1.76 bits per heavy atom. The lowest BCUT2D eigenvalue weighted by Gasteiger charge is -2.14. The minimum atomic E-state index is 0.668. The van der Waals surface area contributed by atoms with Crippen LogP contribution in [0.4, 0.5) is 11.6 Å². The summed E-state index contributed by atoms with van der Waals surface area (Å²) in [5.41, 5.74) is 2.16. The molecule has 0 bridgehead atoms. The van der Waals surface area contributed by atoms with Crippen LogP contribution in [0.5, 0.6) is 0 Å². The molecule has 2 heterocycles. The Morgan fingerprint density at radius 1 is 0.952 bits per heavy atom. The highest BCUT2D eigenvalue weighted by atomic mass is 15.1. The van der Waals surface area contributed by atoms with Gasteiger partial charge in [-0.15, -0.1) is 0 Å². The van der Waals surface area contributed by atoms with E-state index in [1.165, 1.54) is 0 Å². The molecular formula is C16H23N5. The molecule has 0 saturated heterocycles. The van der Waals surface area contributed by atoms with Gasteiger partial charge >= 0.3 is 0 Å². The molecule has 2 N–H and O–H groups in total. The molecule has 0 aromatic carbocycles. The number of aromatic nitrogens is 3. The van der Waals surface area contributed by atoms with Crippen LogP contribution < -0.4 is 10.6 Å². The third-order valence-corrected chi connectivity index (χ3v) is 3.15. The maximum Gasteiger partial charge on any atom is 0.135 e. The van der Waals surface area contributed by atoms with Gasteiger partial charge in [-0.3, -0.25) is 4.98 Å².